The van der Waals surface area contributed by atoms with Crippen LogP contribution in [0.3, 0.4) is 0 Å². The minimum atomic E-state index is -3.24. The van der Waals surface area contributed by atoms with E-state index in [1.807, 2.05) is 60.7 Å². The third kappa shape index (κ3) is 9.88. The van der Waals surface area contributed by atoms with Crippen LogP contribution in [0.5, 0.6) is 11.5 Å². The van der Waals surface area contributed by atoms with Gasteiger partial charge in [0.25, 0.3) is 0 Å². The van der Waals surface area contributed by atoms with Crippen LogP contribution in [0, 0.1) is 11.3 Å². The summed E-state index contributed by atoms with van der Waals surface area (Å²) in [6.07, 6.45) is 1.13. The third-order valence-electron chi connectivity index (χ3n) is 6.03. The van der Waals surface area contributed by atoms with Crippen LogP contribution in [0.2, 0.25) is 0 Å². The number of benzene rings is 4. The van der Waals surface area contributed by atoms with Gasteiger partial charge in [-0.25, -0.2) is 13.1 Å². The first-order chi connectivity index (χ1) is 19.3. The largest absolute Gasteiger partial charge is 0.489 e. The molecule has 0 bridgehead atoms. The van der Waals surface area contributed by atoms with Gasteiger partial charge in [-0.3, -0.25) is 0 Å². The van der Waals surface area contributed by atoms with Crippen molar-refractivity contribution < 1.29 is 17.9 Å². The topological polar surface area (TPSA) is 100 Å². The lowest BCUT2D eigenvalue weighted by molar-refractivity contribution is 0.287. The van der Waals surface area contributed by atoms with Crippen molar-refractivity contribution in [2.45, 2.75) is 19.8 Å². The van der Waals surface area contributed by atoms with Gasteiger partial charge in [0.2, 0.25) is 10.0 Å². The molecule has 0 aliphatic rings. The zero-order valence-electron chi connectivity index (χ0n) is 22.5. The number of sulfonamides is 1. The van der Waals surface area contributed by atoms with E-state index >= 15 is 0 Å². The summed E-state index contributed by atoms with van der Waals surface area (Å²) in [7, 11) is -3.24. The van der Waals surface area contributed by atoms with Gasteiger partial charge in [-0.2, -0.15) is 5.26 Å². The standard InChI is InChI=1S/C31H30BrN3O4S.ClH/c1-40(36,37)35-16-15-34-20-26-13-14-28(18-30(26)39-21-24-8-5-7-23(17-24)19-33)38-22-27-11-6-12-29(31(27)32)25-9-3-2-4-10-25;/h2-14,17-18,34-35H,15-16,20-22H2,1H3;1H. The average molecular weight is 657 g/mol. The van der Waals surface area contributed by atoms with Gasteiger partial charge in [-0.15, -0.1) is 12.4 Å². The number of nitriles is 1. The number of nitrogens with one attached hydrogen (secondary N) is 2. The zero-order valence-corrected chi connectivity index (χ0v) is 25.7. The summed E-state index contributed by atoms with van der Waals surface area (Å²) < 4.78 is 38.4. The highest BCUT2D eigenvalue weighted by molar-refractivity contribution is 9.10. The minimum absolute atomic E-state index is 0. The van der Waals surface area contributed by atoms with Crippen LogP contribution in [0.4, 0.5) is 0 Å². The maximum atomic E-state index is 11.3. The number of hydrogen-bond acceptors (Lipinski definition) is 6. The molecule has 0 aliphatic carbocycles. The lowest BCUT2D eigenvalue weighted by Crippen LogP contribution is -2.30. The van der Waals surface area contributed by atoms with Gasteiger partial charge >= 0.3 is 0 Å². The van der Waals surface area contributed by atoms with Gasteiger partial charge in [0.1, 0.15) is 24.7 Å². The van der Waals surface area contributed by atoms with Crippen LogP contribution in [-0.4, -0.2) is 27.8 Å². The van der Waals surface area contributed by atoms with E-state index in [0.717, 1.165) is 38.5 Å². The molecule has 0 heterocycles. The summed E-state index contributed by atoms with van der Waals surface area (Å²) in [6.45, 7) is 1.87. The number of ether oxygens (including phenoxy) is 2. The van der Waals surface area contributed by atoms with Crippen molar-refractivity contribution in [2.24, 2.45) is 0 Å². The average Bonchev–Trinajstić information content (AvgIpc) is 2.96. The Morgan fingerprint density at radius 3 is 2.39 bits per heavy atom. The molecule has 0 saturated carbocycles. The van der Waals surface area contributed by atoms with Crippen LogP contribution in [0.25, 0.3) is 11.1 Å². The summed E-state index contributed by atoms with van der Waals surface area (Å²) in [5.41, 5.74) is 5.58. The van der Waals surface area contributed by atoms with Crippen molar-refractivity contribution in [3.8, 4) is 28.7 Å². The highest BCUT2D eigenvalue weighted by Gasteiger charge is 2.11. The Labute approximate surface area is 256 Å². The van der Waals surface area contributed by atoms with Crippen molar-refractivity contribution >= 4 is 38.4 Å². The van der Waals surface area contributed by atoms with Crippen LogP contribution >= 0.6 is 28.3 Å². The molecule has 0 atom stereocenters. The molecule has 0 aromatic heterocycles. The summed E-state index contributed by atoms with van der Waals surface area (Å²) in [4.78, 5) is 0. The Hall–Kier alpha value is -3.39. The molecule has 0 amide bonds. The molecule has 7 nitrogen and oxygen atoms in total. The molecule has 0 unspecified atom stereocenters. The van der Waals surface area contributed by atoms with Gasteiger partial charge in [0.05, 0.1) is 17.9 Å². The van der Waals surface area contributed by atoms with E-state index in [2.05, 4.69) is 50.2 Å². The second-order valence-electron chi connectivity index (χ2n) is 9.15. The monoisotopic (exact) mass is 655 g/mol. The number of nitrogens with zero attached hydrogens (tertiary/aromatic N) is 1. The molecular weight excluding hydrogens is 626 g/mol. The van der Waals surface area contributed by atoms with Crippen molar-refractivity contribution in [2.75, 3.05) is 19.3 Å². The molecule has 0 saturated heterocycles. The van der Waals surface area contributed by atoms with Gasteiger partial charge in [-0.05, 0) is 50.8 Å². The third-order valence-corrected chi connectivity index (χ3v) is 7.69. The van der Waals surface area contributed by atoms with Crippen molar-refractivity contribution in [1.82, 2.24) is 10.0 Å². The highest BCUT2D eigenvalue weighted by Crippen LogP contribution is 2.32. The Bertz CT molecular complexity index is 1590. The van der Waals surface area contributed by atoms with Crippen LogP contribution in [0.15, 0.2) is 95.5 Å². The maximum Gasteiger partial charge on any atom is 0.208 e. The molecule has 0 aliphatic heterocycles. The Morgan fingerprint density at radius 1 is 0.854 bits per heavy atom. The Morgan fingerprint density at radius 2 is 1.63 bits per heavy atom. The fourth-order valence-corrected chi connectivity index (χ4v) is 5.12. The highest BCUT2D eigenvalue weighted by atomic mass is 79.9. The molecule has 4 aromatic rings. The normalized spacial score (nSPS) is 10.9. The Balaban J connectivity index is 0.00000462. The van der Waals surface area contributed by atoms with E-state index in [4.69, 9.17) is 9.47 Å². The fraction of sp³-hybridized carbons (Fsp3) is 0.194. The van der Waals surface area contributed by atoms with E-state index in [1.165, 1.54) is 0 Å². The van der Waals surface area contributed by atoms with Gasteiger partial charge in [-0.1, -0.05) is 66.7 Å². The van der Waals surface area contributed by atoms with Crippen molar-refractivity contribution in [1.29, 1.82) is 5.26 Å². The number of hydrogen-bond donors (Lipinski definition) is 2. The number of rotatable bonds is 13. The lowest BCUT2D eigenvalue weighted by atomic mass is 10.0. The first-order valence-electron chi connectivity index (χ1n) is 12.7. The molecule has 0 fully saturated rings. The van der Waals surface area contributed by atoms with E-state index in [0.29, 0.717) is 36.8 Å². The Kier molecular flexibility index (Phi) is 12.2. The maximum absolute atomic E-state index is 11.3. The molecule has 0 radical (unpaired) electrons. The van der Waals surface area contributed by atoms with Crippen LogP contribution in [0.1, 0.15) is 22.3 Å². The first kappa shape index (κ1) is 32.1. The second kappa shape index (κ2) is 15.6. The van der Waals surface area contributed by atoms with Crippen LogP contribution < -0.4 is 19.5 Å². The molecule has 4 aromatic carbocycles. The van der Waals surface area contributed by atoms with Crippen LogP contribution in [-0.2, 0) is 29.8 Å². The first-order valence-corrected chi connectivity index (χ1v) is 15.4. The predicted octanol–water partition coefficient (Wildman–Crippen LogP) is 6.21. The fourth-order valence-electron chi connectivity index (χ4n) is 4.04. The van der Waals surface area contributed by atoms with Gasteiger partial charge < -0.3 is 14.8 Å². The molecule has 10 heteroatoms. The van der Waals surface area contributed by atoms with Gasteiger partial charge in [0, 0.05) is 41.3 Å². The summed E-state index contributed by atoms with van der Waals surface area (Å²) in [6, 6.07) is 31.4. The summed E-state index contributed by atoms with van der Waals surface area (Å²) >= 11 is 3.75. The van der Waals surface area contributed by atoms with E-state index in [-0.39, 0.29) is 25.6 Å². The zero-order chi connectivity index (χ0) is 28.4. The van der Waals surface area contributed by atoms with E-state index < -0.39 is 10.0 Å². The SMILES string of the molecule is CS(=O)(=O)NCCNCc1ccc(OCc2cccc(-c3ccccc3)c2Br)cc1OCc1cccc(C#N)c1.Cl. The summed E-state index contributed by atoms with van der Waals surface area (Å²) in [5.74, 6) is 1.29. The summed E-state index contributed by atoms with van der Waals surface area (Å²) in [5, 5.41) is 12.5. The van der Waals surface area contributed by atoms with Gasteiger partial charge in [0.15, 0.2) is 0 Å². The minimum Gasteiger partial charge on any atom is -0.489 e. The molecule has 2 N–H and O–H groups in total. The molecule has 214 valence electrons. The van der Waals surface area contributed by atoms with Crippen molar-refractivity contribution in [3.63, 3.8) is 0 Å². The quantitative estimate of drug-likeness (QED) is 0.166. The molecule has 4 rings (SSSR count). The molecule has 41 heavy (non-hydrogen) atoms. The molecular formula is C31H31BrClN3O4S. The predicted molar refractivity (Wildman–Crippen MR) is 168 cm³/mol. The smallest absolute Gasteiger partial charge is 0.208 e. The number of halogens is 2. The lowest BCUT2D eigenvalue weighted by Gasteiger charge is -2.16. The van der Waals surface area contributed by atoms with E-state index in [1.54, 1.807) is 12.1 Å². The second-order valence-corrected chi connectivity index (χ2v) is 11.8. The molecule has 0 spiro atoms. The van der Waals surface area contributed by atoms with Crippen molar-refractivity contribution in [3.05, 3.63) is 118 Å². The van der Waals surface area contributed by atoms with E-state index in [9.17, 15) is 13.7 Å².